The number of hydrogen-bond donors (Lipinski definition) is 2. The van der Waals surface area contributed by atoms with Gasteiger partial charge in [0.1, 0.15) is 0 Å². The highest BCUT2D eigenvalue weighted by Crippen LogP contribution is 2.34. The van der Waals surface area contributed by atoms with Gasteiger partial charge >= 0.3 is 0 Å². The van der Waals surface area contributed by atoms with E-state index in [0.29, 0.717) is 11.4 Å². The second kappa shape index (κ2) is 5.63. The van der Waals surface area contributed by atoms with Crippen LogP contribution in [0.4, 0.5) is 5.88 Å². The summed E-state index contributed by atoms with van der Waals surface area (Å²) in [4.78, 5) is 20.6. The molecule has 24 heavy (non-hydrogen) atoms. The smallest absolute Gasteiger partial charge is 0.260 e. The number of aromatic amines is 1. The summed E-state index contributed by atoms with van der Waals surface area (Å²) < 4.78 is 5.08. The van der Waals surface area contributed by atoms with Crippen molar-refractivity contribution < 1.29 is 9.32 Å². The molecule has 3 aromatic rings. The number of carbonyl (C=O) groups is 1. The van der Waals surface area contributed by atoms with Crippen LogP contribution in [0.3, 0.4) is 0 Å². The molecule has 0 unspecified atom stereocenters. The van der Waals surface area contributed by atoms with Crippen LogP contribution < -0.4 is 5.32 Å². The van der Waals surface area contributed by atoms with Gasteiger partial charge < -0.3 is 9.51 Å². The molecule has 6 heteroatoms. The molecule has 0 saturated heterocycles. The van der Waals surface area contributed by atoms with E-state index in [9.17, 15) is 4.79 Å². The van der Waals surface area contributed by atoms with Crippen molar-refractivity contribution in [2.24, 2.45) is 0 Å². The van der Waals surface area contributed by atoms with Crippen LogP contribution in [0.2, 0.25) is 0 Å². The van der Waals surface area contributed by atoms with Gasteiger partial charge in [-0.05, 0) is 44.2 Å². The Kier molecular flexibility index (Phi) is 3.45. The van der Waals surface area contributed by atoms with E-state index in [-0.39, 0.29) is 5.91 Å². The van der Waals surface area contributed by atoms with Crippen molar-refractivity contribution in [3.63, 3.8) is 0 Å². The number of nitrogens with zero attached hydrogens (tertiary/aromatic N) is 2. The first-order valence-electron chi connectivity index (χ1n) is 8.02. The Labute approximate surface area is 139 Å². The second-order valence-electron chi connectivity index (χ2n) is 6.22. The van der Waals surface area contributed by atoms with Crippen LogP contribution in [0, 0.1) is 13.8 Å². The predicted octanol–water partition coefficient (Wildman–Crippen LogP) is 3.42. The average molecular weight is 322 g/mol. The molecule has 0 fully saturated rings. The number of pyridine rings is 1. The first kappa shape index (κ1) is 14.7. The lowest BCUT2D eigenvalue weighted by atomic mass is 10.0. The molecule has 0 bridgehead atoms. The fourth-order valence-corrected chi connectivity index (χ4v) is 3.22. The predicted molar refractivity (Wildman–Crippen MR) is 90.0 cm³/mol. The molecule has 0 spiro atoms. The standard InChI is InChI=1S/C18H18N4O2/c1-10-6-12-4-3-5-14-16(17(12)20-8-10)13(9-19-14)18(23)21-15-7-11(2)22-24-15/h6-9,19H,3-5H2,1-2H3,(H,21,23). The van der Waals surface area contributed by atoms with Gasteiger partial charge in [0.25, 0.3) is 5.91 Å². The topological polar surface area (TPSA) is 83.8 Å². The summed E-state index contributed by atoms with van der Waals surface area (Å²) in [6.45, 7) is 3.85. The number of H-pyrrole nitrogens is 1. The van der Waals surface area contributed by atoms with E-state index in [1.165, 1.54) is 5.56 Å². The van der Waals surface area contributed by atoms with Crippen molar-refractivity contribution in [3.05, 3.63) is 52.6 Å². The van der Waals surface area contributed by atoms with E-state index in [2.05, 4.69) is 26.5 Å². The molecule has 3 heterocycles. The number of anilines is 1. The average Bonchev–Trinajstić information content (AvgIpc) is 3.10. The maximum absolute atomic E-state index is 12.7. The summed E-state index contributed by atoms with van der Waals surface area (Å²) in [6.07, 6.45) is 6.50. The highest BCUT2D eigenvalue weighted by molar-refractivity contribution is 6.08. The molecule has 0 atom stereocenters. The molecule has 4 rings (SSSR count). The monoisotopic (exact) mass is 322 g/mol. The summed E-state index contributed by atoms with van der Waals surface area (Å²) in [5.74, 6) is 0.122. The van der Waals surface area contributed by atoms with E-state index < -0.39 is 0 Å². The van der Waals surface area contributed by atoms with Gasteiger partial charge in [-0.25, -0.2) is 0 Å². The molecule has 0 radical (unpaired) electrons. The van der Waals surface area contributed by atoms with Crippen LogP contribution >= 0.6 is 0 Å². The van der Waals surface area contributed by atoms with Gasteiger partial charge in [0.2, 0.25) is 5.88 Å². The molecule has 3 aromatic heterocycles. The van der Waals surface area contributed by atoms with Crippen LogP contribution in [-0.2, 0) is 12.8 Å². The number of hydrogen-bond acceptors (Lipinski definition) is 4. The minimum absolute atomic E-state index is 0.223. The lowest BCUT2D eigenvalue weighted by Crippen LogP contribution is -2.12. The molecule has 0 aromatic carbocycles. The Hall–Kier alpha value is -2.89. The highest BCUT2D eigenvalue weighted by Gasteiger charge is 2.24. The van der Waals surface area contributed by atoms with Gasteiger partial charge in [-0.1, -0.05) is 11.2 Å². The summed E-state index contributed by atoms with van der Waals surface area (Å²) >= 11 is 0. The van der Waals surface area contributed by atoms with Crippen LogP contribution in [0.5, 0.6) is 0 Å². The molecular formula is C18H18N4O2. The maximum atomic E-state index is 12.7. The van der Waals surface area contributed by atoms with Gasteiger partial charge in [-0.3, -0.25) is 15.1 Å². The van der Waals surface area contributed by atoms with Gasteiger partial charge in [0.15, 0.2) is 0 Å². The fourth-order valence-electron chi connectivity index (χ4n) is 3.22. The number of carbonyl (C=O) groups excluding carboxylic acids is 1. The summed E-state index contributed by atoms with van der Waals surface area (Å²) in [6, 6.07) is 3.85. The summed E-state index contributed by atoms with van der Waals surface area (Å²) in [7, 11) is 0. The number of aryl methyl sites for hydroxylation is 4. The van der Waals surface area contributed by atoms with E-state index in [4.69, 9.17) is 4.52 Å². The zero-order valence-electron chi connectivity index (χ0n) is 13.6. The van der Waals surface area contributed by atoms with Crippen LogP contribution in [-0.4, -0.2) is 21.0 Å². The number of nitrogens with one attached hydrogen (secondary N) is 2. The summed E-state index contributed by atoms with van der Waals surface area (Å²) in [5.41, 5.74) is 6.49. The molecule has 0 aliphatic heterocycles. The SMILES string of the molecule is Cc1cnc2c(c1)CCCc1[nH]cc(C(=O)Nc3cc(C)no3)c1-2. The quantitative estimate of drug-likeness (QED) is 0.757. The Morgan fingerprint density at radius 2 is 2.17 bits per heavy atom. The van der Waals surface area contributed by atoms with Crippen molar-refractivity contribution in [3.8, 4) is 11.3 Å². The van der Waals surface area contributed by atoms with E-state index in [1.807, 2.05) is 20.0 Å². The molecular weight excluding hydrogens is 304 g/mol. The third-order valence-corrected chi connectivity index (χ3v) is 4.28. The minimum atomic E-state index is -0.223. The number of aromatic nitrogens is 3. The fraction of sp³-hybridized carbons (Fsp3) is 0.278. The first-order chi connectivity index (χ1) is 11.6. The number of rotatable bonds is 2. The normalized spacial score (nSPS) is 13.1. The molecule has 6 nitrogen and oxygen atoms in total. The van der Waals surface area contributed by atoms with Gasteiger partial charge in [-0.15, -0.1) is 0 Å². The molecule has 1 amide bonds. The summed E-state index contributed by atoms with van der Waals surface area (Å²) in [5, 5.41) is 6.55. The molecule has 0 saturated carbocycles. The highest BCUT2D eigenvalue weighted by atomic mass is 16.5. The Bertz CT molecular complexity index is 923. The van der Waals surface area contributed by atoms with Crippen molar-refractivity contribution >= 4 is 11.8 Å². The van der Waals surface area contributed by atoms with Crippen LogP contribution in [0.15, 0.2) is 29.0 Å². The second-order valence-corrected chi connectivity index (χ2v) is 6.22. The van der Waals surface area contributed by atoms with Gasteiger partial charge in [0.05, 0.1) is 17.0 Å². The molecule has 122 valence electrons. The molecule has 1 aliphatic rings. The number of fused-ring (bicyclic) bond motifs is 3. The maximum Gasteiger partial charge on any atom is 0.260 e. The minimum Gasteiger partial charge on any atom is -0.364 e. The Balaban J connectivity index is 1.76. The van der Waals surface area contributed by atoms with E-state index >= 15 is 0 Å². The van der Waals surface area contributed by atoms with Crippen molar-refractivity contribution in [1.29, 1.82) is 0 Å². The van der Waals surface area contributed by atoms with Crippen molar-refractivity contribution in [2.75, 3.05) is 5.32 Å². The van der Waals surface area contributed by atoms with Gasteiger partial charge in [-0.2, -0.15) is 0 Å². The van der Waals surface area contributed by atoms with Crippen molar-refractivity contribution in [1.82, 2.24) is 15.1 Å². The zero-order valence-corrected chi connectivity index (χ0v) is 13.6. The largest absolute Gasteiger partial charge is 0.364 e. The third kappa shape index (κ3) is 2.50. The number of amides is 1. The first-order valence-corrected chi connectivity index (χ1v) is 8.02. The third-order valence-electron chi connectivity index (χ3n) is 4.28. The van der Waals surface area contributed by atoms with Crippen LogP contribution in [0.25, 0.3) is 11.3 Å². The Morgan fingerprint density at radius 1 is 1.29 bits per heavy atom. The van der Waals surface area contributed by atoms with E-state index in [0.717, 1.165) is 47.5 Å². The van der Waals surface area contributed by atoms with Crippen molar-refractivity contribution in [2.45, 2.75) is 33.1 Å². The zero-order chi connectivity index (χ0) is 16.7. The molecule has 1 aliphatic carbocycles. The lowest BCUT2D eigenvalue weighted by molar-refractivity contribution is 0.102. The molecule has 2 N–H and O–H groups in total. The van der Waals surface area contributed by atoms with Gasteiger partial charge in [0, 0.05) is 29.7 Å². The Morgan fingerprint density at radius 3 is 2.96 bits per heavy atom. The van der Waals surface area contributed by atoms with Crippen LogP contribution in [0.1, 0.15) is 39.3 Å². The van der Waals surface area contributed by atoms with E-state index in [1.54, 1.807) is 12.3 Å². The lowest BCUT2D eigenvalue weighted by Gasteiger charge is -2.09.